The van der Waals surface area contributed by atoms with Crippen molar-refractivity contribution in [3.63, 3.8) is 0 Å². The lowest BCUT2D eigenvalue weighted by molar-refractivity contribution is -0.384. The Morgan fingerprint density at radius 2 is 1.97 bits per heavy atom. The van der Waals surface area contributed by atoms with Crippen LogP contribution in [-0.2, 0) is 20.8 Å². The highest BCUT2D eigenvalue weighted by Gasteiger charge is 2.21. The summed E-state index contributed by atoms with van der Waals surface area (Å²) in [4.78, 5) is 38.8. The van der Waals surface area contributed by atoms with Gasteiger partial charge in [-0.05, 0) is 42.5 Å². The van der Waals surface area contributed by atoms with Crippen molar-refractivity contribution in [1.82, 2.24) is 5.32 Å². The summed E-state index contributed by atoms with van der Waals surface area (Å²) in [5.41, 5.74) is 2.66. The number of hydrogen-bond donors (Lipinski definition) is 2. The van der Waals surface area contributed by atoms with E-state index in [2.05, 4.69) is 21.9 Å². The van der Waals surface area contributed by atoms with Crippen LogP contribution in [0.15, 0.2) is 53.7 Å². The number of benzene rings is 2. The van der Waals surface area contributed by atoms with Crippen molar-refractivity contribution < 1.29 is 19.3 Å². The fraction of sp³-hybridized carbons (Fsp3) is 0.250. The Hall–Kier alpha value is -3.75. The van der Waals surface area contributed by atoms with Gasteiger partial charge in [-0.25, -0.2) is 0 Å². The van der Waals surface area contributed by atoms with Crippen molar-refractivity contribution in [3.05, 3.63) is 69.8 Å². The minimum absolute atomic E-state index is 0.0505. The third-order valence-electron chi connectivity index (χ3n) is 4.49. The second kappa shape index (κ2) is 9.45. The minimum Gasteiger partial charge on any atom is -0.386 e. The molecule has 3 rings (SSSR count). The molecule has 9 heteroatoms. The number of non-ortho nitro benzene ring substituents is 1. The summed E-state index contributed by atoms with van der Waals surface area (Å²) < 4.78 is 0. The highest BCUT2D eigenvalue weighted by molar-refractivity contribution is 6.31. The Balaban J connectivity index is 1.42. The van der Waals surface area contributed by atoms with E-state index in [1.54, 1.807) is 0 Å². The molecule has 2 aromatic rings. The molecule has 2 aromatic carbocycles. The first-order chi connectivity index (χ1) is 14.0. The van der Waals surface area contributed by atoms with Crippen molar-refractivity contribution in [2.75, 3.05) is 11.9 Å². The molecule has 29 heavy (non-hydrogen) atoms. The number of nitrogens with one attached hydrogen (secondary N) is 2. The second-order valence-electron chi connectivity index (χ2n) is 6.51. The molecule has 1 aliphatic rings. The highest BCUT2D eigenvalue weighted by atomic mass is 16.6. The molecule has 0 bridgehead atoms. The van der Waals surface area contributed by atoms with Crippen LogP contribution in [-0.4, -0.2) is 29.6 Å². The summed E-state index contributed by atoms with van der Waals surface area (Å²) in [6.07, 6.45) is 3.77. The molecule has 1 atom stereocenters. The van der Waals surface area contributed by atoms with Gasteiger partial charge in [-0.1, -0.05) is 29.4 Å². The standard InChI is InChI=1S/C20H20N4O5/c25-19(22-15-8-10-16(11-9-15)24(27)28)12-21-29-13-20(26)23-18-7-3-5-14-4-1-2-6-17(14)18/h1-2,4,6,8-12,18H,3,5,7,13H2,(H,22,25)(H,23,26). The number of nitrogens with zero attached hydrogens (tertiary/aromatic N) is 2. The number of nitro benzene ring substituents is 1. The molecule has 0 saturated carbocycles. The fourth-order valence-corrected chi connectivity index (χ4v) is 3.16. The summed E-state index contributed by atoms with van der Waals surface area (Å²) in [5, 5.41) is 19.5. The Labute approximate surface area is 166 Å². The zero-order chi connectivity index (χ0) is 20.6. The average Bonchev–Trinajstić information content (AvgIpc) is 2.72. The quantitative estimate of drug-likeness (QED) is 0.423. The van der Waals surface area contributed by atoms with E-state index in [1.165, 1.54) is 29.8 Å². The summed E-state index contributed by atoms with van der Waals surface area (Å²) in [6, 6.07) is 13.3. The van der Waals surface area contributed by atoms with Gasteiger partial charge in [-0.2, -0.15) is 0 Å². The van der Waals surface area contributed by atoms with Crippen molar-refractivity contribution >= 4 is 29.4 Å². The maximum atomic E-state index is 12.1. The van der Waals surface area contributed by atoms with E-state index in [1.807, 2.05) is 18.2 Å². The third kappa shape index (κ3) is 5.61. The number of rotatable bonds is 7. The predicted octanol–water partition coefficient (Wildman–Crippen LogP) is 2.73. The van der Waals surface area contributed by atoms with E-state index in [0.29, 0.717) is 5.69 Å². The molecular weight excluding hydrogens is 376 g/mol. The van der Waals surface area contributed by atoms with Crippen molar-refractivity contribution in [3.8, 4) is 0 Å². The molecular formula is C20H20N4O5. The van der Waals surface area contributed by atoms with E-state index >= 15 is 0 Å². The summed E-state index contributed by atoms with van der Waals surface area (Å²) >= 11 is 0. The highest BCUT2D eigenvalue weighted by Crippen LogP contribution is 2.29. The Morgan fingerprint density at radius 1 is 1.21 bits per heavy atom. The van der Waals surface area contributed by atoms with E-state index < -0.39 is 10.8 Å². The zero-order valence-corrected chi connectivity index (χ0v) is 15.5. The number of aryl methyl sites for hydroxylation is 1. The Kier molecular flexibility index (Phi) is 6.51. The smallest absolute Gasteiger partial charge is 0.270 e. The summed E-state index contributed by atoms with van der Waals surface area (Å²) in [5.74, 6) is -0.903. The van der Waals surface area contributed by atoms with E-state index in [4.69, 9.17) is 4.84 Å². The van der Waals surface area contributed by atoms with Crippen LogP contribution >= 0.6 is 0 Å². The Bertz CT molecular complexity index is 927. The molecule has 2 N–H and O–H groups in total. The van der Waals surface area contributed by atoms with Gasteiger partial charge in [-0.15, -0.1) is 0 Å². The molecule has 150 valence electrons. The molecule has 0 heterocycles. The SMILES string of the molecule is O=C(C=NOCC(=O)NC1CCCc2ccccc21)Nc1ccc([N+](=O)[O-])cc1. The number of carbonyl (C=O) groups is 2. The first kappa shape index (κ1) is 20.0. The molecule has 9 nitrogen and oxygen atoms in total. The zero-order valence-electron chi connectivity index (χ0n) is 15.5. The monoisotopic (exact) mass is 396 g/mol. The molecule has 0 fully saturated rings. The lowest BCUT2D eigenvalue weighted by Crippen LogP contribution is -2.33. The molecule has 0 saturated heterocycles. The van der Waals surface area contributed by atoms with Gasteiger partial charge in [0.1, 0.15) is 6.21 Å². The first-order valence-electron chi connectivity index (χ1n) is 9.11. The van der Waals surface area contributed by atoms with Gasteiger partial charge in [-0.3, -0.25) is 19.7 Å². The molecule has 0 aromatic heterocycles. The molecule has 0 aliphatic heterocycles. The van der Waals surface area contributed by atoms with Gasteiger partial charge in [0, 0.05) is 17.8 Å². The maximum absolute atomic E-state index is 12.1. The fourth-order valence-electron chi connectivity index (χ4n) is 3.16. The summed E-state index contributed by atoms with van der Waals surface area (Å²) in [7, 11) is 0. The van der Waals surface area contributed by atoms with E-state index in [0.717, 1.165) is 31.0 Å². The minimum atomic E-state index is -0.583. The number of fused-ring (bicyclic) bond motifs is 1. The number of oxime groups is 1. The van der Waals surface area contributed by atoms with Gasteiger partial charge >= 0.3 is 0 Å². The number of hydrogen-bond acceptors (Lipinski definition) is 6. The van der Waals surface area contributed by atoms with Crippen LogP contribution in [0.2, 0.25) is 0 Å². The molecule has 2 amide bonds. The van der Waals surface area contributed by atoms with Crippen LogP contribution in [0.4, 0.5) is 11.4 Å². The van der Waals surface area contributed by atoms with Gasteiger partial charge < -0.3 is 15.5 Å². The maximum Gasteiger partial charge on any atom is 0.270 e. The van der Waals surface area contributed by atoms with Crippen LogP contribution in [0.5, 0.6) is 0 Å². The van der Waals surface area contributed by atoms with Crippen LogP contribution in [0, 0.1) is 10.1 Å². The topological polar surface area (TPSA) is 123 Å². The third-order valence-corrected chi connectivity index (χ3v) is 4.49. The predicted molar refractivity (Wildman–Crippen MR) is 106 cm³/mol. The van der Waals surface area contributed by atoms with Crippen LogP contribution in [0.3, 0.4) is 0 Å². The first-order valence-corrected chi connectivity index (χ1v) is 9.11. The lowest BCUT2D eigenvalue weighted by atomic mass is 9.88. The lowest BCUT2D eigenvalue weighted by Gasteiger charge is -2.26. The van der Waals surface area contributed by atoms with Crippen molar-refractivity contribution in [1.29, 1.82) is 0 Å². The largest absolute Gasteiger partial charge is 0.386 e. The van der Waals surface area contributed by atoms with E-state index in [-0.39, 0.29) is 24.2 Å². The van der Waals surface area contributed by atoms with Crippen molar-refractivity contribution in [2.45, 2.75) is 25.3 Å². The van der Waals surface area contributed by atoms with Gasteiger partial charge in [0.15, 0.2) is 6.61 Å². The average molecular weight is 396 g/mol. The van der Waals surface area contributed by atoms with Crippen LogP contribution < -0.4 is 10.6 Å². The normalized spacial score (nSPS) is 15.4. The van der Waals surface area contributed by atoms with Crippen molar-refractivity contribution in [2.24, 2.45) is 5.16 Å². The Morgan fingerprint density at radius 3 is 2.72 bits per heavy atom. The molecule has 0 radical (unpaired) electrons. The van der Waals surface area contributed by atoms with Crippen LogP contribution in [0.25, 0.3) is 0 Å². The van der Waals surface area contributed by atoms with Crippen LogP contribution in [0.1, 0.15) is 30.0 Å². The number of anilines is 1. The number of carbonyl (C=O) groups excluding carboxylic acids is 2. The molecule has 1 aliphatic carbocycles. The second-order valence-corrected chi connectivity index (χ2v) is 6.51. The number of amides is 2. The van der Waals surface area contributed by atoms with E-state index in [9.17, 15) is 19.7 Å². The van der Waals surface area contributed by atoms with Gasteiger partial charge in [0.2, 0.25) is 0 Å². The molecule has 0 spiro atoms. The molecule has 1 unspecified atom stereocenters. The van der Waals surface area contributed by atoms with Gasteiger partial charge in [0.05, 0.1) is 11.0 Å². The van der Waals surface area contributed by atoms with Gasteiger partial charge in [0.25, 0.3) is 17.5 Å². The number of nitro groups is 1. The summed E-state index contributed by atoms with van der Waals surface area (Å²) in [6.45, 7) is -0.306.